The molecule has 6 heteroatoms. The van der Waals surface area contributed by atoms with Crippen LogP contribution in [0.1, 0.15) is 24.9 Å². The first-order valence-electron chi connectivity index (χ1n) is 6.28. The fourth-order valence-corrected chi connectivity index (χ4v) is 2.57. The van der Waals surface area contributed by atoms with Gasteiger partial charge in [0, 0.05) is 22.2 Å². The second-order valence-corrected chi connectivity index (χ2v) is 5.36. The third-order valence-corrected chi connectivity index (χ3v) is 3.63. The Morgan fingerprint density at radius 2 is 1.81 bits per heavy atom. The van der Waals surface area contributed by atoms with Crippen molar-refractivity contribution in [1.29, 1.82) is 0 Å². The number of rotatable bonds is 4. The van der Waals surface area contributed by atoms with Crippen molar-refractivity contribution in [3.05, 3.63) is 63.4 Å². The summed E-state index contributed by atoms with van der Waals surface area (Å²) in [6.07, 6.45) is 0.541. The van der Waals surface area contributed by atoms with E-state index < -0.39 is 23.5 Å². The molecule has 0 fully saturated rings. The fraction of sp³-hybridized carbons (Fsp3) is 0.200. The average Bonchev–Trinajstić information content (AvgIpc) is 2.42. The Morgan fingerprint density at radius 1 is 1.10 bits per heavy atom. The van der Waals surface area contributed by atoms with Crippen LogP contribution in [0.5, 0.6) is 0 Å². The molecule has 21 heavy (non-hydrogen) atoms. The van der Waals surface area contributed by atoms with E-state index in [4.69, 9.17) is 23.2 Å². The van der Waals surface area contributed by atoms with Gasteiger partial charge in [0.15, 0.2) is 11.6 Å². The first kappa shape index (κ1) is 16.0. The first-order chi connectivity index (χ1) is 9.92. The Balaban J connectivity index is 2.35. The molecule has 1 unspecified atom stereocenters. The summed E-state index contributed by atoms with van der Waals surface area (Å²) < 4.78 is 40.1. The lowest BCUT2D eigenvalue weighted by atomic mass is 10.0. The van der Waals surface area contributed by atoms with E-state index >= 15 is 0 Å². The van der Waals surface area contributed by atoms with Crippen LogP contribution < -0.4 is 5.32 Å². The minimum atomic E-state index is -1.24. The molecule has 0 radical (unpaired) electrons. The highest BCUT2D eigenvalue weighted by atomic mass is 35.5. The van der Waals surface area contributed by atoms with Gasteiger partial charge in [0.1, 0.15) is 5.82 Å². The molecule has 1 N–H and O–H groups in total. The first-order valence-corrected chi connectivity index (χ1v) is 7.04. The van der Waals surface area contributed by atoms with Crippen LogP contribution in [0.25, 0.3) is 0 Å². The molecular weight excluding hydrogens is 322 g/mol. The Morgan fingerprint density at radius 3 is 2.43 bits per heavy atom. The van der Waals surface area contributed by atoms with E-state index in [1.165, 1.54) is 0 Å². The van der Waals surface area contributed by atoms with Gasteiger partial charge in [-0.05, 0) is 24.1 Å². The van der Waals surface area contributed by atoms with Gasteiger partial charge < -0.3 is 5.32 Å². The Kier molecular flexibility index (Phi) is 5.01. The fourth-order valence-electron chi connectivity index (χ4n) is 2.03. The zero-order valence-electron chi connectivity index (χ0n) is 11.1. The van der Waals surface area contributed by atoms with Crippen LogP contribution >= 0.6 is 23.2 Å². The summed E-state index contributed by atoms with van der Waals surface area (Å²) in [5, 5.41) is 3.65. The highest BCUT2D eigenvalue weighted by Crippen LogP contribution is 2.32. The van der Waals surface area contributed by atoms with Crippen LogP contribution in [-0.2, 0) is 0 Å². The maximum absolute atomic E-state index is 13.7. The minimum Gasteiger partial charge on any atom is -0.376 e. The summed E-state index contributed by atoms with van der Waals surface area (Å²) >= 11 is 11.9. The highest BCUT2D eigenvalue weighted by Gasteiger charge is 2.17. The Labute approximate surface area is 130 Å². The van der Waals surface area contributed by atoms with E-state index in [9.17, 15) is 13.2 Å². The van der Waals surface area contributed by atoms with Gasteiger partial charge in [-0.1, -0.05) is 36.2 Å². The number of nitrogens with one attached hydrogen (secondary N) is 1. The summed E-state index contributed by atoms with van der Waals surface area (Å²) in [6, 6.07) is 5.91. The molecule has 1 nitrogen and oxygen atoms in total. The highest BCUT2D eigenvalue weighted by molar-refractivity contribution is 6.35. The van der Waals surface area contributed by atoms with E-state index in [0.29, 0.717) is 28.1 Å². The molecule has 1 atom stereocenters. The lowest BCUT2D eigenvalue weighted by Gasteiger charge is -2.20. The minimum absolute atomic E-state index is 0.245. The van der Waals surface area contributed by atoms with Crippen molar-refractivity contribution in [1.82, 2.24) is 0 Å². The lowest BCUT2D eigenvalue weighted by molar-refractivity contribution is 0.496. The molecule has 2 rings (SSSR count). The zero-order chi connectivity index (χ0) is 15.6. The van der Waals surface area contributed by atoms with Crippen LogP contribution in [0.4, 0.5) is 18.9 Å². The molecular formula is C15H12Cl2F3N. The maximum atomic E-state index is 13.7. The van der Waals surface area contributed by atoms with E-state index in [-0.39, 0.29) is 5.69 Å². The zero-order valence-corrected chi connectivity index (χ0v) is 12.6. The molecule has 2 aromatic rings. The second-order valence-electron chi connectivity index (χ2n) is 4.52. The van der Waals surface area contributed by atoms with Crippen molar-refractivity contribution in [2.75, 3.05) is 5.32 Å². The van der Waals surface area contributed by atoms with Gasteiger partial charge in [0.25, 0.3) is 0 Å². The van der Waals surface area contributed by atoms with Crippen molar-refractivity contribution in [3.8, 4) is 0 Å². The third-order valence-electron chi connectivity index (χ3n) is 3.07. The van der Waals surface area contributed by atoms with Gasteiger partial charge >= 0.3 is 0 Å². The number of benzene rings is 2. The van der Waals surface area contributed by atoms with Crippen LogP contribution in [0.15, 0.2) is 30.3 Å². The SMILES string of the molecule is CCC(Nc1cc(F)cc(F)c1F)c1ccc(Cl)cc1Cl. The van der Waals surface area contributed by atoms with Crippen LogP contribution in [0, 0.1) is 17.5 Å². The second kappa shape index (κ2) is 6.58. The van der Waals surface area contributed by atoms with Crippen molar-refractivity contribution < 1.29 is 13.2 Å². The summed E-state index contributed by atoms with van der Waals surface area (Å²) in [4.78, 5) is 0. The molecule has 0 spiro atoms. The van der Waals surface area contributed by atoms with Crippen molar-refractivity contribution in [2.24, 2.45) is 0 Å². The predicted octanol–water partition coefficient (Wildman–Crippen LogP) is 5.97. The summed E-state index contributed by atoms with van der Waals surface area (Å²) in [5.74, 6) is -3.22. The quantitative estimate of drug-likeness (QED) is 0.679. The molecule has 0 bridgehead atoms. The van der Waals surface area contributed by atoms with Crippen LogP contribution in [-0.4, -0.2) is 0 Å². The summed E-state index contributed by atoms with van der Waals surface area (Å²) in [5.41, 5.74) is 0.429. The largest absolute Gasteiger partial charge is 0.376 e. The molecule has 0 saturated carbocycles. The maximum Gasteiger partial charge on any atom is 0.182 e. The predicted molar refractivity (Wildman–Crippen MR) is 79.4 cm³/mol. The van der Waals surface area contributed by atoms with Gasteiger partial charge in [0.05, 0.1) is 11.7 Å². The summed E-state index contributed by atoms with van der Waals surface area (Å²) in [7, 11) is 0. The molecule has 0 aliphatic rings. The van der Waals surface area contributed by atoms with Gasteiger partial charge in [-0.25, -0.2) is 13.2 Å². The van der Waals surface area contributed by atoms with Crippen LogP contribution in [0.2, 0.25) is 10.0 Å². The van der Waals surface area contributed by atoms with Gasteiger partial charge in [-0.3, -0.25) is 0 Å². The molecule has 0 aromatic heterocycles. The molecule has 2 aromatic carbocycles. The van der Waals surface area contributed by atoms with Crippen molar-refractivity contribution in [2.45, 2.75) is 19.4 Å². The monoisotopic (exact) mass is 333 g/mol. The van der Waals surface area contributed by atoms with E-state index in [1.807, 2.05) is 6.92 Å². The van der Waals surface area contributed by atoms with Crippen molar-refractivity contribution in [3.63, 3.8) is 0 Å². The summed E-state index contributed by atoms with van der Waals surface area (Å²) in [6.45, 7) is 1.84. The van der Waals surface area contributed by atoms with Gasteiger partial charge in [-0.2, -0.15) is 0 Å². The van der Waals surface area contributed by atoms with Gasteiger partial charge in [-0.15, -0.1) is 0 Å². The molecule has 0 amide bonds. The molecule has 0 saturated heterocycles. The standard InChI is InChI=1S/C15H12Cl2F3N/c1-2-13(10-4-3-8(16)5-11(10)17)21-14-7-9(18)6-12(19)15(14)20/h3-7,13,21H,2H2,1H3. The van der Waals surface area contributed by atoms with E-state index in [1.54, 1.807) is 18.2 Å². The van der Waals surface area contributed by atoms with Crippen molar-refractivity contribution >= 4 is 28.9 Å². The molecule has 0 heterocycles. The number of hydrogen-bond acceptors (Lipinski definition) is 1. The Hall–Kier alpha value is -1.39. The smallest absolute Gasteiger partial charge is 0.182 e. The number of hydrogen-bond donors (Lipinski definition) is 1. The van der Waals surface area contributed by atoms with E-state index in [0.717, 1.165) is 6.07 Å². The average molecular weight is 334 g/mol. The number of halogens is 5. The molecule has 112 valence electrons. The third kappa shape index (κ3) is 3.63. The normalized spacial score (nSPS) is 12.3. The van der Waals surface area contributed by atoms with Gasteiger partial charge in [0.2, 0.25) is 0 Å². The number of anilines is 1. The lowest BCUT2D eigenvalue weighted by Crippen LogP contribution is -2.12. The molecule has 0 aliphatic carbocycles. The van der Waals surface area contributed by atoms with Crippen LogP contribution in [0.3, 0.4) is 0 Å². The molecule has 0 aliphatic heterocycles. The Bertz CT molecular complexity index is 662. The van der Waals surface area contributed by atoms with E-state index in [2.05, 4.69) is 5.32 Å². The topological polar surface area (TPSA) is 12.0 Å².